The van der Waals surface area contributed by atoms with Crippen LogP contribution < -0.4 is 0 Å². The van der Waals surface area contributed by atoms with Crippen LogP contribution in [0.5, 0.6) is 0 Å². The lowest BCUT2D eigenvalue weighted by Crippen LogP contribution is -2.01. The third kappa shape index (κ3) is 2.95. The molecule has 0 aromatic heterocycles. The number of benzene rings is 1. The molecule has 1 aromatic carbocycles. The van der Waals surface area contributed by atoms with Crippen LogP contribution in [0.2, 0.25) is 0 Å². The van der Waals surface area contributed by atoms with Gasteiger partial charge >= 0.3 is 0 Å². The number of hydrogen-bond acceptors (Lipinski definition) is 0. The van der Waals surface area contributed by atoms with Gasteiger partial charge in [-0.1, -0.05) is 50.6 Å². The lowest BCUT2D eigenvalue weighted by molar-refractivity contribution is 1.00. The first-order valence-electron chi connectivity index (χ1n) is 6.06. The number of aryl methyl sites for hydroxylation is 1. The lowest BCUT2D eigenvalue weighted by Gasteiger charge is -2.15. The van der Waals surface area contributed by atoms with E-state index < -0.39 is 0 Å². The van der Waals surface area contributed by atoms with Gasteiger partial charge in [0.2, 0.25) is 0 Å². The van der Waals surface area contributed by atoms with E-state index in [0.29, 0.717) is 0 Å². The van der Waals surface area contributed by atoms with Gasteiger partial charge in [-0.25, -0.2) is 0 Å². The van der Waals surface area contributed by atoms with Crippen molar-refractivity contribution in [2.45, 2.75) is 47.0 Å². The summed E-state index contributed by atoms with van der Waals surface area (Å²) in [4.78, 5) is 0. The van der Waals surface area contributed by atoms with Gasteiger partial charge in [-0.15, -0.1) is 0 Å². The molecule has 0 spiro atoms. The third-order valence-corrected chi connectivity index (χ3v) is 2.82. The summed E-state index contributed by atoms with van der Waals surface area (Å²) in [5.74, 6) is 0. The predicted molar refractivity (Wildman–Crippen MR) is 68.3 cm³/mol. The molecule has 82 valence electrons. The maximum Gasteiger partial charge on any atom is -0.00669 e. The van der Waals surface area contributed by atoms with Gasteiger partial charge in [-0.2, -0.15) is 0 Å². The van der Waals surface area contributed by atoms with Gasteiger partial charge in [0, 0.05) is 0 Å². The van der Waals surface area contributed by atoms with Crippen molar-refractivity contribution >= 4 is 0 Å². The minimum absolute atomic E-state index is 1.13. The molecule has 0 nitrogen and oxygen atoms in total. The van der Waals surface area contributed by atoms with Gasteiger partial charge in [-0.05, 0) is 42.9 Å². The zero-order valence-electron chi connectivity index (χ0n) is 10.4. The highest BCUT2D eigenvalue weighted by Gasteiger charge is 2.07. The fraction of sp³-hybridized carbons (Fsp3) is 0.467. The Morgan fingerprint density at radius 1 is 1.13 bits per heavy atom. The van der Waals surface area contributed by atoms with E-state index in [4.69, 9.17) is 0 Å². The minimum Gasteiger partial charge on any atom is -0.0809 e. The van der Waals surface area contributed by atoms with Crippen LogP contribution in [-0.2, 0) is 19.3 Å². The summed E-state index contributed by atoms with van der Waals surface area (Å²) in [5, 5.41) is 0. The van der Waals surface area contributed by atoms with Crippen LogP contribution in [0.4, 0.5) is 0 Å². The molecule has 0 aliphatic heterocycles. The average molecular weight is 202 g/mol. The average Bonchev–Trinajstić information content (AvgIpc) is 2.31. The number of fused-ring (bicyclic) bond motifs is 1. The van der Waals surface area contributed by atoms with Crippen molar-refractivity contribution in [2.75, 3.05) is 0 Å². The molecule has 0 bridgehead atoms. The molecule has 0 heteroatoms. The second-order valence-electron chi connectivity index (χ2n) is 3.89. The molecule has 0 heterocycles. The highest BCUT2D eigenvalue weighted by molar-refractivity contribution is 5.39. The molecule has 15 heavy (non-hydrogen) atoms. The van der Waals surface area contributed by atoms with Gasteiger partial charge in [0.25, 0.3) is 0 Å². The van der Waals surface area contributed by atoms with Crippen LogP contribution >= 0.6 is 0 Å². The molecule has 0 radical (unpaired) electrons. The molecule has 1 aliphatic carbocycles. The molecular weight excluding hydrogens is 180 g/mol. The Morgan fingerprint density at radius 2 is 1.87 bits per heavy atom. The quantitative estimate of drug-likeness (QED) is 0.595. The van der Waals surface area contributed by atoms with E-state index in [1.165, 1.54) is 22.3 Å². The van der Waals surface area contributed by atoms with Crippen molar-refractivity contribution in [2.24, 2.45) is 0 Å². The number of hydrogen-bond donors (Lipinski definition) is 0. The van der Waals surface area contributed by atoms with Crippen LogP contribution in [0.15, 0.2) is 29.8 Å². The number of allylic oxidation sites excluding steroid dienone is 2. The Balaban J connectivity index is 0.000000531. The Morgan fingerprint density at radius 3 is 2.53 bits per heavy atom. The summed E-state index contributed by atoms with van der Waals surface area (Å²) in [6.07, 6.45) is 5.78. The molecular formula is C15H22. The number of rotatable bonds is 1. The van der Waals surface area contributed by atoms with E-state index in [1.807, 2.05) is 13.8 Å². The Hall–Kier alpha value is -1.04. The molecule has 0 saturated heterocycles. The second-order valence-corrected chi connectivity index (χ2v) is 3.89. The highest BCUT2D eigenvalue weighted by atomic mass is 14.1. The van der Waals surface area contributed by atoms with Crippen molar-refractivity contribution in [3.8, 4) is 0 Å². The van der Waals surface area contributed by atoms with Crippen LogP contribution in [0.1, 0.15) is 44.4 Å². The van der Waals surface area contributed by atoms with E-state index in [-0.39, 0.29) is 0 Å². The smallest absolute Gasteiger partial charge is 0.00669 e. The fourth-order valence-electron chi connectivity index (χ4n) is 1.92. The van der Waals surface area contributed by atoms with Gasteiger partial charge < -0.3 is 0 Å². The van der Waals surface area contributed by atoms with Crippen molar-refractivity contribution < 1.29 is 0 Å². The summed E-state index contributed by atoms with van der Waals surface area (Å²) >= 11 is 0. The first-order valence-corrected chi connectivity index (χ1v) is 6.06. The van der Waals surface area contributed by atoms with Crippen molar-refractivity contribution in [1.29, 1.82) is 0 Å². The van der Waals surface area contributed by atoms with Gasteiger partial charge in [-0.3, -0.25) is 0 Å². The summed E-state index contributed by atoms with van der Waals surface area (Å²) < 4.78 is 0. The third-order valence-electron chi connectivity index (χ3n) is 2.82. The molecule has 0 fully saturated rings. The Bertz CT molecular complexity index is 345. The van der Waals surface area contributed by atoms with E-state index >= 15 is 0 Å². The van der Waals surface area contributed by atoms with Crippen LogP contribution in [-0.4, -0.2) is 0 Å². The molecule has 2 rings (SSSR count). The van der Waals surface area contributed by atoms with E-state index in [0.717, 1.165) is 19.3 Å². The van der Waals surface area contributed by atoms with Crippen molar-refractivity contribution in [3.63, 3.8) is 0 Å². The van der Waals surface area contributed by atoms with E-state index in [2.05, 4.69) is 38.1 Å². The first kappa shape index (κ1) is 12.0. The highest BCUT2D eigenvalue weighted by Crippen LogP contribution is 2.21. The fourth-order valence-corrected chi connectivity index (χ4v) is 1.92. The van der Waals surface area contributed by atoms with Crippen LogP contribution in [0.3, 0.4) is 0 Å². The molecule has 0 amide bonds. The summed E-state index contributed by atoms with van der Waals surface area (Å²) in [6.45, 7) is 8.43. The summed E-state index contributed by atoms with van der Waals surface area (Å²) in [6, 6.07) is 6.92. The molecule has 0 N–H and O–H groups in total. The molecule has 0 saturated carbocycles. The van der Waals surface area contributed by atoms with Crippen LogP contribution in [0, 0.1) is 0 Å². The van der Waals surface area contributed by atoms with Gasteiger partial charge in [0.1, 0.15) is 0 Å². The van der Waals surface area contributed by atoms with Crippen molar-refractivity contribution in [3.05, 3.63) is 46.5 Å². The summed E-state index contributed by atoms with van der Waals surface area (Å²) in [5.41, 5.74) is 6.03. The second kappa shape index (κ2) is 5.75. The van der Waals surface area contributed by atoms with Crippen LogP contribution in [0.25, 0.3) is 0 Å². The van der Waals surface area contributed by atoms with Gasteiger partial charge in [0.05, 0.1) is 0 Å². The molecule has 1 aromatic rings. The first-order chi connectivity index (χ1) is 7.29. The minimum atomic E-state index is 1.13. The predicted octanol–water partition coefficient (Wildman–Crippen LogP) is 4.32. The lowest BCUT2D eigenvalue weighted by atomic mass is 9.91. The molecule has 0 atom stereocenters. The normalized spacial score (nSPS) is 13.5. The summed E-state index contributed by atoms with van der Waals surface area (Å²) in [7, 11) is 0. The van der Waals surface area contributed by atoms with Gasteiger partial charge in [0.15, 0.2) is 0 Å². The topological polar surface area (TPSA) is 0 Å². The van der Waals surface area contributed by atoms with E-state index in [1.54, 1.807) is 0 Å². The Labute approximate surface area is 94.0 Å². The maximum absolute atomic E-state index is 2.36. The molecule has 0 unspecified atom stereocenters. The molecule has 1 aliphatic rings. The standard InChI is InChI=1S/C13H16.C2H6/c1-3-11-5-7-12-8-10(2)4-6-13(12)9-11;1-2/h4-5,7,9H,3,6,8H2,1-2H3;1-2H3. The monoisotopic (exact) mass is 202 g/mol. The Kier molecular flexibility index (Phi) is 4.61. The van der Waals surface area contributed by atoms with E-state index in [9.17, 15) is 0 Å². The van der Waals surface area contributed by atoms with Crippen molar-refractivity contribution in [1.82, 2.24) is 0 Å². The largest absolute Gasteiger partial charge is 0.0809 e. The zero-order chi connectivity index (χ0) is 11.3. The zero-order valence-corrected chi connectivity index (χ0v) is 10.4. The SMILES string of the molecule is CC.CCc1ccc2c(c1)CC=C(C)C2. The maximum atomic E-state index is 2.36.